The molecule has 1 aliphatic carbocycles. The summed E-state index contributed by atoms with van der Waals surface area (Å²) in [6.45, 7) is 5.94. The molecule has 1 atom stereocenters. The summed E-state index contributed by atoms with van der Waals surface area (Å²) in [5.74, 6) is 0.248. The second kappa shape index (κ2) is 6.23. The van der Waals surface area contributed by atoms with Crippen molar-refractivity contribution < 1.29 is 9.90 Å². The minimum Gasteiger partial charge on any atom is -0.396 e. The second-order valence-corrected chi connectivity index (χ2v) is 6.26. The van der Waals surface area contributed by atoms with Crippen LogP contribution in [0.2, 0.25) is 0 Å². The Morgan fingerprint density at radius 2 is 2.00 bits per heavy atom. The lowest BCUT2D eigenvalue weighted by Gasteiger charge is -2.40. The Balaban J connectivity index is 1.96. The van der Waals surface area contributed by atoms with Gasteiger partial charge in [-0.1, -0.05) is 13.8 Å². The van der Waals surface area contributed by atoms with Gasteiger partial charge in [0.05, 0.1) is 12.6 Å². The molecule has 110 valence electrons. The molecular weight excluding hydrogens is 240 g/mol. The van der Waals surface area contributed by atoms with E-state index in [1.807, 2.05) is 4.90 Å². The molecule has 1 saturated carbocycles. The average molecular weight is 268 g/mol. The number of rotatable bonds is 7. The molecular formula is C15H28N2O2. The number of aliphatic hydroxyl groups excluding tert-OH is 1. The van der Waals surface area contributed by atoms with Gasteiger partial charge >= 0.3 is 0 Å². The largest absolute Gasteiger partial charge is 0.396 e. The maximum Gasteiger partial charge on any atom is 0.239 e. The van der Waals surface area contributed by atoms with Crippen LogP contribution in [0.4, 0.5) is 0 Å². The van der Waals surface area contributed by atoms with Gasteiger partial charge in [0.1, 0.15) is 0 Å². The summed E-state index contributed by atoms with van der Waals surface area (Å²) in [6.07, 6.45) is 6.32. The van der Waals surface area contributed by atoms with E-state index in [2.05, 4.69) is 19.2 Å². The van der Waals surface area contributed by atoms with E-state index in [9.17, 15) is 9.90 Å². The number of nitrogens with zero attached hydrogens (tertiary/aromatic N) is 1. The first-order valence-corrected chi connectivity index (χ1v) is 7.80. The van der Waals surface area contributed by atoms with Crippen molar-refractivity contribution in [2.75, 3.05) is 19.7 Å². The fourth-order valence-electron chi connectivity index (χ4n) is 2.94. The maximum absolute atomic E-state index is 12.5. The number of aliphatic hydroxyl groups is 1. The predicted molar refractivity (Wildman–Crippen MR) is 75.9 cm³/mol. The van der Waals surface area contributed by atoms with Gasteiger partial charge in [0.25, 0.3) is 0 Å². The average Bonchev–Trinajstić information content (AvgIpc) is 3.24. The van der Waals surface area contributed by atoms with Crippen LogP contribution < -0.4 is 5.32 Å². The first-order valence-electron chi connectivity index (χ1n) is 7.80. The van der Waals surface area contributed by atoms with E-state index in [1.54, 1.807) is 0 Å². The number of hydrogen-bond acceptors (Lipinski definition) is 3. The molecule has 0 aromatic rings. The van der Waals surface area contributed by atoms with Crippen LogP contribution in [0.3, 0.4) is 0 Å². The topological polar surface area (TPSA) is 52.6 Å². The highest BCUT2D eigenvalue weighted by Gasteiger charge is 2.37. The third-order valence-corrected chi connectivity index (χ3v) is 4.91. The molecule has 4 heteroatoms. The number of amides is 1. The van der Waals surface area contributed by atoms with Gasteiger partial charge in [-0.25, -0.2) is 0 Å². The Bertz CT molecular complexity index is 303. The van der Waals surface area contributed by atoms with Crippen molar-refractivity contribution in [3.05, 3.63) is 0 Å². The molecule has 1 aliphatic heterocycles. The van der Waals surface area contributed by atoms with E-state index in [-0.39, 0.29) is 24.0 Å². The van der Waals surface area contributed by atoms with Crippen molar-refractivity contribution in [2.45, 2.75) is 64.5 Å². The Morgan fingerprint density at radius 1 is 1.32 bits per heavy atom. The van der Waals surface area contributed by atoms with Gasteiger partial charge in [-0.05, 0) is 38.5 Å². The van der Waals surface area contributed by atoms with Crippen molar-refractivity contribution in [3.63, 3.8) is 0 Å². The number of carbonyl (C=O) groups excluding carboxylic acids is 1. The van der Waals surface area contributed by atoms with E-state index in [0.29, 0.717) is 12.6 Å². The Hall–Kier alpha value is -0.610. The third kappa shape index (κ3) is 3.48. The van der Waals surface area contributed by atoms with E-state index >= 15 is 0 Å². The molecule has 1 saturated heterocycles. The van der Waals surface area contributed by atoms with E-state index in [4.69, 9.17) is 0 Å². The molecule has 2 fully saturated rings. The van der Waals surface area contributed by atoms with Crippen molar-refractivity contribution >= 4 is 5.91 Å². The summed E-state index contributed by atoms with van der Waals surface area (Å²) in [5.41, 5.74) is -0.114. The van der Waals surface area contributed by atoms with Crippen molar-refractivity contribution in [2.24, 2.45) is 5.41 Å². The first-order chi connectivity index (χ1) is 9.14. The number of nitrogens with one attached hydrogen (secondary N) is 1. The quantitative estimate of drug-likeness (QED) is 0.736. The highest BCUT2D eigenvalue weighted by atomic mass is 16.3. The number of carbonyl (C=O) groups is 1. The van der Waals surface area contributed by atoms with Crippen LogP contribution in [-0.4, -0.2) is 47.7 Å². The third-order valence-electron chi connectivity index (χ3n) is 4.91. The van der Waals surface area contributed by atoms with E-state index in [0.717, 1.165) is 32.2 Å². The summed E-state index contributed by atoms with van der Waals surface area (Å²) in [6, 6.07) is 0.597. The molecule has 1 unspecified atom stereocenters. The van der Waals surface area contributed by atoms with Gasteiger partial charge in [-0.15, -0.1) is 0 Å². The van der Waals surface area contributed by atoms with Crippen LogP contribution in [-0.2, 0) is 4.79 Å². The molecule has 0 bridgehead atoms. The summed E-state index contributed by atoms with van der Waals surface area (Å²) in [5, 5.41) is 13.1. The summed E-state index contributed by atoms with van der Waals surface area (Å²) in [4.78, 5) is 14.5. The molecule has 0 aromatic heterocycles. The molecule has 1 amide bonds. The standard InChI is InChI=1S/C15H28N2O2/c1-3-15(4-2,11-18)10-17-9-5-6-13(14(17)19)16-12-7-8-12/h12-13,16,18H,3-11H2,1-2H3. The fourth-order valence-corrected chi connectivity index (χ4v) is 2.94. The molecule has 2 rings (SSSR count). The van der Waals surface area contributed by atoms with Crippen LogP contribution in [0.1, 0.15) is 52.4 Å². The monoisotopic (exact) mass is 268 g/mol. The predicted octanol–water partition coefficient (Wildman–Crippen LogP) is 1.53. The SMILES string of the molecule is CCC(CC)(CO)CN1CCCC(NC2CC2)C1=O. The summed E-state index contributed by atoms with van der Waals surface area (Å²) in [7, 11) is 0. The number of piperidine rings is 1. The minimum absolute atomic E-state index is 0.0198. The lowest BCUT2D eigenvalue weighted by atomic mass is 9.82. The Kier molecular flexibility index (Phi) is 4.85. The molecule has 1 heterocycles. The first kappa shape index (κ1) is 14.8. The lowest BCUT2D eigenvalue weighted by molar-refractivity contribution is -0.138. The van der Waals surface area contributed by atoms with E-state index < -0.39 is 0 Å². The van der Waals surface area contributed by atoms with Crippen molar-refractivity contribution in [3.8, 4) is 0 Å². The number of hydrogen-bond donors (Lipinski definition) is 2. The van der Waals surface area contributed by atoms with Gasteiger partial charge in [0.15, 0.2) is 0 Å². The zero-order valence-electron chi connectivity index (χ0n) is 12.3. The normalized spacial score (nSPS) is 24.9. The lowest BCUT2D eigenvalue weighted by Crippen LogP contribution is -2.54. The van der Waals surface area contributed by atoms with Gasteiger partial charge in [-0.2, -0.15) is 0 Å². The smallest absolute Gasteiger partial charge is 0.239 e. The zero-order valence-corrected chi connectivity index (χ0v) is 12.3. The van der Waals surface area contributed by atoms with Crippen LogP contribution >= 0.6 is 0 Å². The molecule has 0 spiro atoms. The van der Waals surface area contributed by atoms with Gasteiger partial charge in [0.2, 0.25) is 5.91 Å². The molecule has 19 heavy (non-hydrogen) atoms. The van der Waals surface area contributed by atoms with Gasteiger partial charge in [0, 0.05) is 24.5 Å². The van der Waals surface area contributed by atoms with E-state index in [1.165, 1.54) is 12.8 Å². The minimum atomic E-state index is -0.114. The Morgan fingerprint density at radius 3 is 2.53 bits per heavy atom. The van der Waals surface area contributed by atoms with Crippen molar-refractivity contribution in [1.29, 1.82) is 0 Å². The fraction of sp³-hybridized carbons (Fsp3) is 0.933. The molecule has 2 aliphatic rings. The molecule has 0 radical (unpaired) electrons. The van der Waals surface area contributed by atoms with Crippen LogP contribution in [0.5, 0.6) is 0 Å². The van der Waals surface area contributed by atoms with Crippen molar-refractivity contribution in [1.82, 2.24) is 10.2 Å². The maximum atomic E-state index is 12.5. The zero-order chi connectivity index (χ0) is 13.9. The van der Waals surface area contributed by atoms with Crippen LogP contribution in [0.25, 0.3) is 0 Å². The van der Waals surface area contributed by atoms with Gasteiger partial charge in [-0.3, -0.25) is 4.79 Å². The van der Waals surface area contributed by atoms with Gasteiger partial charge < -0.3 is 15.3 Å². The van der Waals surface area contributed by atoms with Crippen LogP contribution in [0.15, 0.2) is 0 Å². The highest BCUT2D eigenvalue weighted by Crippen LogP contribution is 2.29. The molecule has 2 N–H and O–H groups in total. The second-order valence-electron chi connectivity index (χ2n) is 6.26. The molecule has 4 nitrogen and oxygen atoms in total. The van der Waals surface area contributed by atoms with Crippen LogP contribution in [0, 0.1) is 5.41 Å². The molecule has 0 aromatic carbocycles. The summed E-state index contributed by atoms with van der Waals surface area (Å²) >= 11 is 0. The number of likely N-dealkylation sites (tertiary alicyclic amines) is 1. The summed E-state index contributed by atoms with van der Waals surface area (Å²) < 4.78 is 0. The Labute approximate surface area is 116 Å². The highest BCUT2D eigenvalue weighted by molar-refractivity contribution is 5.82.